The fraction of sp³-hybridized carbons (Fsp3) is 0.769. The molecule has 0 aliphatic rings. The molecule has 0 rings (SSSR count). The molecule has 0 aliphatic heterocycles. The lowest BCUT2D eigenvalue weighted by Gasteiger charge is -2.35. The molecule has 0 aliphatic carbocycles. The molecule has 0 radical (unpaired) electrons. The smallest absolute Gasteiger partial charge is 0.429 e. The fourth-order valence-electron chi connectivity index (χ4n) is 2.13. The molecule has 0 bridgehead atoms. The van der Waals surface area contributed by atoms with Gasteiger partial charge in [0, 0.05) is 18.9 Å². The van der Waals surface area contributed by atoms with Crippen LogP contribution in [0.15, 0.2) is 12.7 Å². The Morgan fingerprint density at radius 2 is 2.00 bits per heavy atom. The molecule has 20 heavy (non-hydrogen) atoms. The molecule has 0 spiro atoms. The molecular formula is C13H25O6P. The first-order chi connectivity index (χ1) is 9.18. The third kappa shape index (κ3) is 7.20. The summed E-state index contributed by atoms with van der Waals surface area (Å²) < 4.78 is 21.0. The topological polar surface area (TPSA) is 93.1 Å². The molecule has 0 aromatic heterocycles. The number of hydrogen-bond acceptors (Lipinski definition) is 4. The summed E-state index contributed by atoms with van der Waals surface area (Å²) in [7, 11) is -4.77. The SMILES string of the molecule is C=CC(=O)OC(C)(OP(=O)(O)O)C(CC)CCCCC. The van der Waals surface area contributed by atoms with Crippen LogP contribution in [0.2, 0.25) is 0 Å². The molecule has 2 atom stereocenters. The minimum Gasteiger partial charge on any atom is -0.429 e. The Kier molecular flexibility index (Phi) is 8.28. The molecule has 0 saturated heterocycles. The molecule has 2 N–H and O–H groups in total. The first-order valence-corrected chi connectivity index (χ1v) is 8.33. The van der Waals surface area contributed by atoms with E-state index in [1.54, 1.807) is 0 Å². The summed E-state index contributed by atoms with van der Waals surface area (Å²) in [6.07, 6.45) is 5.08. The molecule has 0 aromatic carbocycles. The van der Waals surface area contributed by atoms with Gasteiger partial charge in [-0.05, 0) is 12.8 Å². The number of phosphoric ester groups is 1. The van der Waals surface area contributed by atoms with Crippen molar-refractivity contribution >= 4 is 13.8 Å². The molecule has 2 unspecified atom stereocenters. The van der Waals surface area contributed by atoms with Crippen LogP contribution in [0.4, 0.5) is 0 Å². The molecule has 6 nitrogen and oxygen atoms in total. The van der Waals surface area contributed by atoms with Crippen molar-refractivity contribution in [3.05, 3.63) is 12.7 Å². The van der Waals surface area contributed by atoms with Gasteiger partial charge in [-0.2, -0.15) is 0 Å². The molecule has 7 heteroatoms. The molecule has 0 saturated carbocycles. The summed E-state index contributed by atoms with van der Waals surface area (Å²) in [4.78, 5) is 29.4. The molecule has 0 aromatic rings. The van der Waals surface area contributed by atoms with Crippen LogP contribution in [-0.4, -0.2) is 21.5 Å². The maximum absolute atomic E-state index is 11.4. The van der Waals surface area contributed by atoms with Crippen molar-refractivity contribution in [1.82, 2.24) is 0 Å². The number of carbonyl (C=O) groups excluding carboxylic acids is 1. The minimum absolute atomic E-state index is 0.300. The minimum atomic E-state index is -4.77. The van der Waals surface area contributed by atoms with E-state index < -0.39 is 19.6 Å². The van der Waals surface area contributed by atoms with E-state index in [-0.39, 0.29) is 5.92 Å². The second kappa shape index (κ2) is 8.57. The highest BCUT2D eigenvalue weighted by Crippen LogP contribution is 2.46. The van der Waals surface area contributed by atoms with Gasteiger partial charge in [0.25, 0.3) is 0 Å². The lowest BCUT2D eigenvalue weighted by atomic mass is 9.91. The third-order valence-corrected chi connectivity index (χ3v) is 3.76. The van der Waals surface area contributed by atoms with Crippen molar-refractivity contribution in [1.29, 1.82) is 0 Å². The van der Waals surface area contributed by atoms with Crippen molar-refractivity contribution in [2.24, 2.45) is 5.92 Å². The van der Waals surface area contributed by atoms with Gasteiger partial charge in [-0.1, -0.05) is 39.7 Å². The number of carbonyl (C=O) groups is 1. The Balaban J connectivity index is 5.08. The Morgan fingerprint density at radius 1 is 1.40 bits per heavy atom. The highest BCUT2D eigenvalue weighted by atomic mass is 31.2. The number of phosphoric acid groups is 1. The van der Waals surface area contributed by atoms with Gasteiger partial charge in [-0.15, -0.1) is 0 Å². The summed E-state index contributed by atoms with van der Waals surface area (Å²) in [5.74, 6) is -2.73. The Labute approximate surface area is 120 Å². The van der Waals surface area contributed by atoms with E-state index in [9.17, 15) is 9.36 Å². The van der Waals surface area contributed by atoms with Gasteiger partial charge >= 0.3 is 13.8 Å². The third-order valence-electron chi connectivity index (χ3n) is 3.16. The number of esters is 1. The van der Waals surface area contributed by atoms with Crippen molar-refractivity contribution in [2.45, 2.75) is 58.7 Å². The van der Waals surface area contributed by atoms with Crippen LogP contribution in [0.3, 0.4) is 0 Å². The second-order valence-electron chi connectivity index (χ2n) is 4.82. The van der Waals surface area contributed by atoms with E-state index in [0.29, 0.717) is 12.8 Å². The molecule has 0 heterocycles. The summed E-state index contributed by atoms with van der Waals surface area (Å²) in [6.45, 7) is 8.58. The van der Waals surface area contributed by atoms with Gasteiger partial charge in [0.1, 0.15) is 0 Å². The summed E-state index contributed by atoms with van der Waals surface area (Å²) in [5, 5.41) is 0. The van der Waals surface area contributed by atoms with E-state index in [4.69, 9.17) is 19.0 Å². The van der Waals surface area contributed by atoms with Crippen molar-refractivity contribution < 1.29 is 28.4 Å². The van der Waals surface area contributed by atoms with Crippen LogP contribution in [0.1, 0.15) is 52.9 Å². The predicted octanol–water partition coefficient (Wildman–Crippen LogP) is 3.15. The standard InChI is InChI=1S/C13H25O6P/c1-5-8-9-10-11(6-2)13(4,18-12(14)7-3)19-20(15,16)17/h7,11H,3,5-6,8-10H2,1-2,4H3,(H2,15,16,17). The fourth-order valence-corrected chi connectivity index (χ4v) is 2.79. The largest absolute Gasteiger partial charge is 0.472 e. The molecule has 0 amide bonds. The predicted molar refractivity (Wildman–Crippen MR) is 75.7 cm³/mol. The number of ether oxygens (including phenoxy) is 1. The highest BCUT2D eigenvalue weighted by Gasteiger charge is 2.43. The van der Waals surface area contributed by atoms with Crippen molar-refractivity contribution in [3.8, 4) is 0 Å². The Hall–Kier alpha value is -0.680. The Bertz CT molecular complexity index is 364. The Morgan fingerprint density at radius 3 is 2.40 bits per heavy atom. The summed E-state index contributed by atoms with van der Waals surface area (Å²) >= 11 is 0. The average Bonchev–Trinajstić information content (AvgIpc) is 2.31. The summed E-state index contributed by atoms with van der Waals surface area (Å²) in [5.41, 5.74) is 0. The average molecular weight is 308 g/mol. The zero-order valence-corrected chi connectivity index (χ0v) is 13.3. The maximum Gasteiger partial charge on any atom is 0.472 e. The van der Waals surface area contributed by atoms with E-state index in [0.717, 1.165) is 25.3 Å². The van der Waals surface area contributed by atoms with Gasteiger partial charge in [0.15, 0.2) is 0 Å². The van der Waals surface area contributed by atoms with Crippen molar-refractivity contribution in [3.63, 3.8) is 0 Å². The first kappa shape index (κ1) is 19.3. The zero-order valence-electron chi connectivity index (χ0n) is 12.4. The van der Waals surface area contributed by atoms with Gasteiger partial charge in [-0.25, -0.2) is 13.9 Å². The molecule has 118 valence electrons. The van der Waals surface area contributed by atoms with Crippen LogP contribution in [-0.2, 0) is 18.6 Å². The van der Waals surface area contributed by atoms with Crippen LogP contribution in [0.5, 0.6) is 0 Å². The van der Waals surface area contributed by atoms with Gasteiger partial charge in [-0.3, -0.25) is 0 Å². The van der Waals surface area contributed by atoms with Gasteiger partial charge in [0.2, 0.25) is 5.79 Å². The van der Waals surface area contributed by atoms with E-state index >= 15 is 0 Å². The lowest BCUT2D eigenvalue weighted by molar-refractivity contribution is -0.212. The van der Waals surface area contributed by atoms with Crippen LogP contribution in [0.25, 0.3) is 0 Å². The highest BCUT2D eigenvalue weighted by molar-refractivity contribution is 7.46. The lowest BCUT2D eigenvalue weighted by Crippen LogP contribution is -2.41. The molecule has 0 fully saturated rings. The number of hydrogen-bond donors (Lipinski definition) is 2. The quantitative estimate of drug-likeness (QED) is 0.212. The van der Waals surface area contributed by atoms with Gasteiger partial charge < -0.3 is 14.5 Å². The second-order valence-corrected chi connectivity index (χ2v) is 5.99. The normalized spacial score (nSPS) is 16.2. The zero-order chi connectivity index (χ0) is 15.8. The number of unbranched alkanes of at least 4 members (excludes halogenated alkanes) is 2. The van der Waals surface area contributed by atoms with Crippen LogP contribution in [0, 0.1) is 5.92 Å². The van der Waals surface area contributed by atoms with E-state index in [1.807, 2.05) is 6.92 Å². The molecular weight excluding hydrogens is 283 g/mol. The number of rotatable bonds is 10. The first-order valence-electron chi connectivity index (χ1n) is 6.80. The van der Waals surface area contributed by atoms with E-state index in [2.05, 4.69) is 13.5 Å². The van der Waals surface area contributed by atoms with Gasteiger partial charge in [0.05, 0.1) is 0 Å². The van der Waals surface area contributed by atoms with E-state index in [1.165, 1.54) is 6.92 Å². The van der Waals surface area contributed by atoms with Crippen LogP contribution < -0.4 is 0 Å². The maximum atomic E-state index is 11.4. The summed E-state index contributed by atoms with van der Waals surface area (Å²) in [6, 6.07) is 0. The monoisotopic (exact) mass is 308 g/mol. The van der Waals surface area contributed by atoms with Crippen molar-refractivity contribution in [2.75, 3.05) is 0 Å². The van der Waals surface area contributed by atoms with Crippen LogP contribution >= 0.6 is 7.82 Å².